The molecular formula is C21H17NO4. The number of ether oxygens (including phenoxy) is 2. The first-order valence-electron chi connectivity index (χ1n) is 8.42. The van der Waals surface area contributed by atoms with E-state index in [1.54, 1.807) is 31.2 Å². The van der Waals surface area contributed by atoms with Crippen LogP contribution >= 0.6 is 0 Å². The van der Waals surface area contributed by atoms with Crippen LogP contribution in [0.4, 0.5) is 0 Å². The Morgan fingerprint density at radius 2 is 1.69 bits per heavy atom. The Hall–Kier alpha value is -3.21. The molecular weight excluding hydrogens is 330 g/mol. The second-order valence-electron chi connectivity index (χ2n) is 6.28. The number of aliphatic imine (C=N–C) groups is 1. The van der Waals surface area contributed by atoms with Crippen molar-refractivity contribution in [3.8, 4) is 5.75 Å². The van der Waals surface area contributed by atoms with Crippen molar-refractivity contribution >= 4 is 17.7 Å². The van der Waals surface area contributed by atoms with Gasteiger partial charge in [-0.05, 0) is 24.6 Å². The fourth-order valence-electron chi connectivity index (χ4n) is 3.50. The van der Waals surface area contributed by atoms with Crippen molar-refractivity contribution < 1.29 is 19.1 Å². The summed E-state index contributed by atoms with van der Waals surface area (Å²) in [6.45, 7) is 1.94. The zero-order valence-corrected chi connectivity index (χ0v) is 14.2. The zero-order valence-electron chi connectivity index (χ0n) is 14.2. The number of hydrogen-bond donors (Lipinski definition) is 0. The lowest BCUT2D eigenvalue weighted by Crippen LogP contribution is -2.33. The molecule has 2 heterocycles. The summed E-state index contributed by atoms with van der Waals surface area (Å²) in [5.41, 5.74) is 2.48. The second-order valence-corrected chi connectivity index (χ2v) is 6.28. The summed E-state index contributed by atoms with van der Waals surface area (Å²) in [7, 11) is 0. The maximum atomic E-state index is 13.0. The normalized spacial score (nSPS) is 21.7. The summed E-state index contributed by atoms with van der Waals surface area (Å²) < 4.78 is 10.7. The summed E-state index contributed by atoms with van der Waals surface area (Å²) in [6.07, 6.45) is 0. The summed E-state index contributed by atoms with van der Waals surface area (Å²) in [4.78, 5) is 29.8. The van der Waals surface area contributed by atoms with Crippen LogP contribution in [-0.2, 0) is 14.3 Å². The van der Waals surface area contributed by atoms with Crippen LogP contribution in [0.1, 0.15) is 18.4 Å². The lowest BCUT2D eigenvalue weighted by Gasteiger charge is -2.28. The highest BCUT2D eigenvalue weighted by molar-refractivity contribution is 6.12. The predicted molar refractivity (Wildman–Crippen MR) is 95.8 cm³/mol. The number of allylic oxidation sites excluding steroid dienone is 1. The molecule has 0 radical (unpaired) electrons. The van der Waals surface area contributed by atoms with Crippen LogP contribution in [-0.4, -0.2) is 24.3 Å². The number of fused-ring (bicyclic) bond motifs is 1. The average Bonchev–Trinajstić information content (AvgIpc) is 3.02. The minimum Gasteiger partial charge on any atom is -0.459 e. The fraction of sp³-hybridized carbons (Fsp3) is 0.190. The van der Waals surface area contributed by atoms with Crippen LogP contribution in [0.2, 0.25) is 0 Å². The Morgan fingerprint density at radius 3 is 2.38 bits per heavy atom. The number of benzene rings is 2. The van der Waals surface area contributed by atoms with Crippen molar-refractivity contribution in [2.75, 3.05) is 6.61 Å². The van der Waals surface area contributed by atoms with E-state index >= 15 is 0 Å². The SMILES string of the molecule is CC1=C(C(=O)Oc2ccccc2)C(c2ccccc2)C2C(=O)OCC2=N1. The largest absolute Gasteiger partial charge is 0.459 e. The van der Waals surface area contributed by atoms with E-state index in [0.29, 0.717) is 22.7 Å². The number of cyclic esters (lactones) is 1. The van der Waals surface area contributed by atoms with Gasteiger partial charge in [0.25, 0.3) is 0 Å². The molecule has 0 aromatic heterocycles. The van der Waals surface area contributed by atoms with E-state index in [1.165, 1.54) is 0 Å². The number of para-hydroxylation sites is 1. The third kappa shape index (κ3) is 2.81. The zero-order chi connectivity index (χ0) is 18.1. The first-order valence-corrected chi connectivity index (χ1v) is 8.42. The van der Waals surface area contributed by atoms with Gasteiger partial charge in [0.2, 0.25) is 0 Å². The third-order valence-electron chi connectivity index (χ3n) is 4.65. The van der Waals surface area contributed by atoms with Gasteiger partial charge in [0.1, 0.15) is 18.3 Å². The Morgan fingerprint density at radius 1 is 1.04 bits per heavy atom. The van der Waals surface area contributed by atoms with Gasteiger partial charge in [0.05, 0.1) is 11.3 Å². The molecule has 0 aliphatic carbocycles. The molecule has 2 aliphatic heterocycles. The van der Waals surface area contributed by atoms with Crippen LogP contribution in [0.3, 0.4) is 0 Å². The molecule has 5 heteroatoms. The van der Waals surface area contributed by atoms with Crippen LogP contribution < -0.4 is 4.74 Å². The van der Waals surface area contributed by atoms with E-state index in [9.17, 15) is 9.59 Å². The van der Waals surface area contributed by atoms with Gasteiger partial charge in [0, 0.05) is 11.6 Å². The first kappa shape index (κ1) is 16.3. The lowest BCUT2D eigenvalue weighted by atomic mass is 9.76. The standard InChI is InChI=1S/C21H17NO4/c1-13-17(21(24)26-15-10-6-3-7-11-15)18(14-8-4-2-5-9-14)19-16(22-13)12-25-20(19)23/h2-11,18-19H,12H2,1H3. The van der Waals surface area contributed by atoms with Crippen molar-refractivity contribution in [2.24, 2.45) is 10.9 Å². The fourth-order valence-corrected chi connectivity index (χ4v) is 3.50. The quantitative estimate of drug-likeness (QED) is 0.631. The van der Waals surface area contributed by atoms with Crippen molar-refractivity contribution in [1.82, 2.24) is 0 Å². The molecule has 0 N–H and O–H groups in total. The van der Waals surface area contributed by atoms with Crippen molar-refractivity contribution in [2.45, 2.75) is 12.8 Å². The highest BCUT2D eigenvalue weighted by Gasteiger charge is 2.47. The predicted octanol–water partition coefficient (Wildman–Crippen LogP) is 3.28. The minimum atomic E-state index is -0.584. The van der Waals surface area contributed by atoms with Gasteiger partial charge in [0.15, 0.2) is 0 Å². The molecule has 2 aliphatic rings. The summed E-state index contributed by atoms with van der Waals surface area (Å²) >= 11 is 0. The Labute approximate surface area is 151 Å². The van der Waals surface area contributed by atoms with Crippen LogP contribution in [0, 0.1) is 5.92 Å². The van der Waals surface area contributed by atoms with Gasteiger partial charge < -0.3 is 9.47 Å². The maximum Gasteiger partial charge on any atom is 0.341 e. The molecule has 0 amide bonds. The van der Waals surface area contributed by atoms with Gasteiger partial charge in [-0.25, -0.2) is 4.79 Å². The Kier molecular flexibility index (Phi) is 4.13. The van der Waals surface area contributed by atoms with Crippen LogP contribution in [0.5, 0.6) is 5.75 Å². The highest BCUT2D eigenvalue weighted by atomic mass is 16.5. The molecule has 1 saturated heterocycles. The van der Waals surface area contributed by atoms with Crippen molar-refractivity contribution in [3.05, 3.63) is 77.5 Å². The molecule has 2 unspecified atom stereocenters. The summed E-state index contributed by atoms with van der Waals surface area (Å²) in [5, 5.41) is 0. The van der Waals surface area contributed by atoms with Gasteiger partial charge >= 0.3 is 11.9 Å². The molecule has 2 aromatic carbocycles. The number of carbonyl (C=O) groups excluding carboxylic acids is 2. The smallest absolute Gasteiger partial charge is 0.341 e. The molecule has 1 fully saturated rings. The van der Waals surface area contributed by atoms with E-state index in [2.05, 4.69) is 4.99 Å². The van der Waals surface area contributed by atoms with Crippen LogP contribution in [0.25, 0.3) is 0 Å². The maximum absolute atomic E-state index is 13.0. The Bertz CT molecular complexity index is 916. The summed E-state index contributed by atoms with van der Waals surface area (Å²) in [6, 6.07) is 18.3. The van der Waals surface area contributed by atoms with E-state index in [-0.39, 0.29) is 12.6 Å². The van der Waals surface area contributed by atoms with E-state index < -0.39 is 17.8 Å². The average molecular weight is 347 g/mol. The van der Waals surface area contributed by atoms with Gasteiger partial charge in [-0.2, -0.15) is 0 Å². The molecule has 0 bridgehead atoms. The van der Waals surface area contributed by atoms with Crippen LogP contribution in [0.15, 0.2) is 76.9 Å². The molecule has 26 heavy (non-hydrogen) atoms. The molecule has 4 rings (SSSR count). The van der Waals surface area contributed by atoms with Crippen molar-refractivity contribution in [3.63, 3.8) is 0 Å². The number of rotatable bonds is 3. The molecule has 0 spiro atoms. The molecule has 130 valence electrons. The summed E-state index contributed by atoms with van der Waals surface area (Å²) in [5.74, 6) is -1.44. The first-order chi connectivity index (χ1) is 12.6. The number of esters is 2. The molecule has 2 aromatic rings. The highest BCUT2D eigenvalue weighted by Crippen LogP contribution is 2.42. The number of hydrogen-bond acceptors (Lipinski definition) is 5. The minimum absolute atomic E-state index is 0.172. The van der Waals surface area contributed by atoms with Gasteiger partial charge in [-0.1, -0.05) is 48.5 Å². The van der Waals surface area contributed by atoms with Gasteiger partial charge in [-0.15, -0.1) is 0 Å². The number of carbonyl (C=O) groups is 2. The Balaban J connectivity index is 1.78. The van der Waals surface area contributed by atoms with E-state index in [4.69, 9.17) is 9.47 Å². The lowest BCUT2D eigenvalue weighted by molar-refractivity contribution is -0.141. The third-order valence-corrected chi connectivity index (χ3v) is 4.65. The van der Waals surface area contributed by atoms with Crippen molar-refractivity contribution in [1.29, 1.82) is 0 Å². The second kappa shape index (κ2) is 6.59. The molecule has 5 nitrogen and oxygen atoms in total. The monoisotopic (exact) mass is 347 g/mol. The van der Waals surface area contributed by atoms with Gasteiger partial charge in [-0.3, -0.25) is 9.79 Å². The number of nitrogens with zero attached hydrogens (tertiary/aromatic N) is 1. The topological polar surface area (TPSA) is 65.0 Å². The van der Waals surface area contributed by atoms with E-state index in [0.717, 1.165) is 5.56 Å². The molecule has 2 atom stereocenters. The molecule has 0 saturated carbocycles. The van der Waals surface area contributed by atoms with E-state index in [1.807, 2.05) is 36.4 Å².